The SMILES string of the molecule is Cc1cc(Br)c(C(N)c2ccc(Br)cc2F)s1. The molecule has 0 amide bonds. The minimum absolute atomic E-state index is 0.287. The van der Waals surface area contributed by atoms with Crippen LogP contribution in [0.5, 0.6) is 0 Å². The van der Waals surface area contributed by atoms with Gasteiger partial charge in [-0.05, 0) is 41.1 Å². The summed E-state index contributed by atoms with van der Waals surface area (Å²) in [7, 11) is 0. The third-order valence-corrected chi connectivity index (χ3v) is 4.96. The van der Waals surface area contributed by atoms with Crippen LogP contribution in [-0.4, -0.2) is 0 Å². The highest BCUT2D eigenvalue weighted by Gasteiger charge is 2.18. The Morgan fingerprint density at radius 1 is 1.29 bits per heavy atom. The first-order valence-corrected chi connectivity index (χ1v) is 7.35. The van der Waals surface area contributed by atoms with E-state index in [1.807, 2.05) is 13.0 Å². The Bertz CT molecular complexity index is 553. The van der Waals surface area contributed by atoms with Gasteiger partial charge in [-0.25, -0.2) is 4.39 Å². The van der Waals surface area contributed by atoms with Crippen LogP contribution in [0.25, 0.3) is 0 Å². The highest BCUT2D eigenvalue weighted by molar-refractivity contribution is 9.10. The Morgan fingerprint density at radius 3 is 2.53 bits per heavy atom. The molecule has 1 unspecified atom stereocenters. The fourth-order valence-electron chi connectivity index (χ4n) is 1.61. The van der Waals surface area contributed by atoms with Gasteiger partial charge in [0.1, 0.15) is 5.82 Å². The summed E-state index contributed by atoms with van der Waals surface area (Å²) >= 11 is 8.27. The molecule has 90 valence electrons. The molecule has 1 atom stereocenters. The molecule has 0 saturated heterocycles. The normalized spacial score (nSPS) is 12.8. The zero-order valence-corrected chi connectivity index (χ0v) is 13.0. The second kappa shape index (κ2) is 5.18. The van der Waals surface area contributed by atoms with Crippen molar-refractivity contribution >= 4 is 43.2 Å². The Balaban J connectivity index is 2.43. The molecule has 0 fully saturated rings. The van der Waals surface area contributed by atoms with E-state index >= 15 is 0 Å². The summed E-state index contributed by atoms with van der Waals surface area (Å²) in [5.41, 5.74) is 6.62. The highest BCUT2D eigenvalue weighted by Crippen LogP contribution is 2.35. The van der Waals surface area contributed by atoms with Gasteiger partial charge in [-0.3, -0.25) is 0 Å². The zero-order valence-electron chi connectivity index (χ0n) is 9.01. The second-order valence-electron chi connectivity index (χ2n) is 3.71. The highest BCUT2D eigenvalue weighted by atomic mass is 79.9. The number of rotatable bonds is 2. The number of benzene rings is 1. The minimum Gasteiger partial charge on any atom is -0.319 e. The molecule has 0 radical (unpaired) electrons. The summed E-state index contributed by atoms with van der Waals surface area (Å²) in [5, 5.41) is 0. The van der Waals surface area contributed by atoms with Crippen molar-refractivity contribution in [2.24, 2.45) is 5.73 Å². The maximum absolute atomic E-state index is 13.8. The van der Waals surface area contributed by atoms with Crippen LogP contribution < -0.4 is 5.73 Å². The molecular formula is C12H10Br2FNS. The summed E-state index contributed by atoms with van der Waals surface area (Å²) in [6.45, 7) is 2.00. The molecule has 17 heavy (non-hydrogen) atoms. The van der Waals surface area contributed by atoms with E-state index < -0.39 is 6.04 Å². The first-order valence-electron chi connectivity index (χ1n) is 4.95. The third kappa shape index (κ3) is 2.78. The van der Waals surface area contributed by atoms with Gasteiger partial charge < -0.3 is 5.73 Å². The Labute approximate surface area is 120 Å². The van der Waals surface area contributed by atoms with Crippen LogP contribution in [0.2, 0.25) is 0 Å². The molecule has 1 heterocycles. The lowest BCUT2D eigenvalue weighted by atomic mass is 10.1. The summed E-state index contributed by atoms with van der Waals surface area (Å²) in [4.78, 5) is 2.10. The van der Waals surface area contributed by atoms with Crippen LogP contribution >= 0.6 is 43.2 Å². The molecule has 1 aromatic heterocycles. The van der Waals surface area contributed by atoms with E-state index in [9.17, 15) is 4.39 Å². The molecule has 0 bridgehead atoms. The van der Waals surface area contributed by atoms with Crippen LogP contribution in [0, 0.1) is 12.7 Å². The monoisotopic (exact) mass is 377 g/mol. The molecule has 2 rings (SSSR count). The lowest BCUT2D eigenvalue weighted by Gasteiger charge is -2.12. The molecule has 2 N–H and O–H groups in total. The maximum atomic E-state index is 13.8. The van der Waals surface area contributed by atoms with Gasteiger partial charge in [0, 0.05) is 24.3 Å². The second-order valence-corrected chi connectivity index (χ2v) is 6.77. The van der Waals surface area contributed by atoms with E-state index in [0.717, 1.165) is 14.2 Å². The predicted octanol–water partition coefficient (Wildman–Crippen LogP) is 4.77. The van der Waals surface area contributed by atoms with Crippen LogP contribution in [0.4, 0.5) is 4.39 Å². The van der Waals surface area contributed by atoms with Crippen LogP contribution in [0.15, 0.2) is 33.2 Å². The number of hydrogen-bond acceptors (Lipinski definition) is 2. The number of halogens is 3. The Kier molecular flexibility index (Phi) is 4.02. The molecule has 0 aliphatic carbocycles. The van der Waals surface area contributed by atoms with Crippen molar-refractivity contribution in [3.8, 4) is 0 Å². The van der Waals surface area contributed by atoms with Crippen molar-refractivity contribution in [2.45, 2.75) is 13.0 Å². The van der Waals surface area contributed by atoms with E-state index in [1.54, 1.807) is 23.5 Å². The van der Waals surface area contributed by atoms with Gasteiger partial charge in [-0.2, -0.15) is 0 Å². The van der Waals surface area contributed by atoms with Crippen molar-refractivity contribution in [2.75, 3.05) is 0 Å². The summed E-state index contributed by atoms with van der Waals surface area (Å²) in [5.74, 6) is -0.287. The molecule has 0 spiro atoms. The van der Waals surface area contributed by atoms with Crippen molar-refractivity contribution < 1.29 is 4.39 Å². The lowest BCUT2D eigenvalue weighted by molar-refractivity contribution is 0.600. The third-order valence-electron chi connectivity index (χ3n) is 2.42. The van der Waals surface area contributed by atoms with Crippen LogP contribution in [-0.2, 0) is 0 Å². The molecular weight excluding hydrogens is 369 g/mol. The topological polar surface area (TPSA) is 26.0 Å². The average molecular weight is 379 g/mol. The fraction of sp³-hybridized carbons (Fsp3) is 0.167. The van der Waals surface area contributed by atoms with Gasteiger partial charge in [-0.1, -0.05) is 22.0 Å². The van der Waals surface area contributed by atoms with Crippen molar-refractivity contribution in [3.05, 3.63) is 54.3 Å². The first-order chi connectivity index (χ1) is 7.99. The van der Waals surface area contributed by atoms with Crippen molar-refractivity contribution in [1.82, 2.24) is 0 Å². The minimum atomic E-state index is -0.434. The van der Waals surface area contributed by atoms with Gasteiger partial charge in [0.05, 0.1) is 6.04 Å². The lowest BCUT2D eigenvalue weighted by Crippen LogP contribution is -2.12. The van der Waals surface area contributed by atoms with Gasteiger partial charge in [0.25, 0.3) is 0 Å². The van der Waals surface area contributed by atoms with E-state index in [2.05, 4.69) is 31.9 Å². The number of nitrogens with two attached hydrogens (primary N) is 1. The van der Waals surface area contributed by atoms with E-state index in [-0.39, 0.29) is 5.82 Å². The first kappa shape index (κ1) is 13.2. The quantitative estimate of drug-likeness (QED) is 0.800. The van der Waals surface area contributed by atoms with Gasteiger partial charge in [-0.15, -0.1) is 11.3 Å². The average Bonchev–Trinajstić information content (AvgIpc) is 2.57. The van der Waals surface area contributed by atoms with E-state index in [1.165, 1.54) is 6.07 Å². The summed E-state index contributed by atoms with van der Waals surface area (Å²) < 4.78 is 15.5. The Hall–Kier alpha value is -0.230. The number of aryl methyl sites for hydroxylation is 1. The predicted molar refractivity (Wildman–Crippen MR) is 76.9 cm³/mol. The standard InChI is InChI=1S/C12H10Br2FNS/c1-6-4-9(14)12(17-6)11(16)8-3-2-7(13)5-10(8)15/h2-5,11H,16H2,1H3. The number of hydrogen-bond donors (Lipinski definition) is 1. The zero-order chi connectivity index (χ0) is 12.6. The smallest absolute Gasteiger partial charge is 0.129 e. The molecule has 2 aromatic rings. The van der Waals surface area contributed by atoms with E-state index in [4.69, 9.17) is 5.73 Å². The molecule has 1 nitrogen and oxygen atoms in total. The van der Waals surface area contributed by atoms with Gasteiger partial charge in [0.15, 0.2) is 0 Å². The summed E-state index contributed by atoms with van der Waals surface area (Å²) in [6, 6.07) is 6.51. The van der Waals surface area contributed by atoms with Crippen molar-refractivity contribution in [1.29, 1.82) is 0 Å². The van der Waals surface area contributed by atoms with Gasteiger partial charge in [0.2, 0.25) is 0 Å². The fourth-order valence-corrected chi connectivity index (χ4v) is 3.86. The maximum Gasteiger partial charge on any atom is 0.129 e. The number of thiophene rings is 1. The van der Waals surface area contributed by atoms with Crippen molar-refractivity contribution in [3.63, 3.8) is 0 Å². The largest absolute Gasteiger partial charge is 0.319 e. The molecule has 0 aliphatic heterocycles. The van der Waals surface area contributed by atoms with Gasteiger partial charge >= 0.3 is 0 Å². The van der Waals surface area contributed by atoms with Crippen LogP contribution in [0.3, 0.4) is 0 Å². The summed E-state index contributed by atoms with van der Waals surface area (Å²) in [6.07, 6.45) is 0. The molecule has 5 heteroatoms. The van der Waals surface area contributed by atoms with Crippen LogP contribution in [0.1, 0.15) is 21.4 Å². The molecule has 1 aromatic carbocycles. The molecule has 0 saturated carbocycles. The Morgan fingerprint density at radius 2 is 2.00 bits per heavy atom. The van der Waals surface area contributed by atoms with E-state index in [0.29, 0.717) is 10.0 Å². The molecule has 0 aliphatic rings.